The van der Waals surface area contributed by atoms with Crippen LogP contribution in [0.4, 0.5) is 10.5 Å². The molecule has 1 unspecified atom stereocenters. The van der Waals surface area contributed by atoms with Crippen molar-refractivity contribution in [3.05, 3.63) is 53.1 Å². The molecule has 3 rings (SSSR count). The van der Waals surface area contributed by atoms with Crippen molar-refractivity contribution < 1.29 is 23.8 Å². The monoisotopic (exact) mass is 390 g/mol. The fraction of sp³-hybridized carbons (Fsp3) is 0.263. The maximum atomic E-state index is 12.4. The van der Waals surface area contributed by atoms with Crippen molar-refractivity contribution in [1.82, 2.24) is 5.32 Å². The van der Waals surface area contributed by atoms with Crippen LogP contribution in [0.25, 0.3) is 0 Å². The fourth-order valence-corrected chi connectivity index (χ4v) is 2.91. The van der Waals surface area contributed by atoms with Gasteiger partial charge < -0.3 is 19.5 Å². The van der Waals surface area contributed by atoms with Crippen LogP contribution in [0.3, 0.4) is 0 Å². The van der Waals surface area contributed by atoms with E-state index in [0.29, 0.717) is 34.3 Å². The Labute approximate surface area is 161 Å². The molecule has 1 aliphatic rings. The van der Waals surface area contributed by atoms with Gasteiger partial charge in [0.25, 0.3) is 5.91 Å². The van der Waals surface area contributed by atoms with Crippen LogP contribution in [-0.4, -0.2) is 45.4 Å². The molecule has 2 amide bonds. The van der Waals surface area contributed by atoms with Gasteiger partial charge in [-0.2, -0.15) is 0 Å². The molecule has 1 heterocycles. The molecule has 1 N–H and O–H groups in total. The van der Waals surface area contributed by atoms with Crippen molar-refractivity contribution in [1.29, 1.82) is 0 Å². The van der Waals surface area contributed by atoms with Gasteiger partial charge in [0.2, 0.25) is 0 Å². The summed E-state index contributed by atoms with van der Waals surface area (Å²) in [7, 11) is 3.03. The molecular weight excluding hydrogens is 372 g/mol. The number of carbonyl (C=O) groups is 2. The number of methoxy groups -OCH3 is 2. The lowest BCUT2D eigenvalue weighted by molar-refractivity contribution is 0.0915. The average Bonchev–Trinajstić information content (AvgIpc) is 3.06. The third-order valence-corrected chi connectivity index (χ3v) is 4.33. The highest BCUT2D eigenvalue weighted by Gasteiger charge is 2.32. The number of carbonyl (C=O) groups excluding carboxylic acids is 2. The lowest BCUT2D eigenvalue weighted by atomic mass is 10.2. The van der Waals surface area contributed by atoms with E-state index >= 15 is 0 Å². The first-order chi connectivity index (χ1) is 13.0. The molecule has 0 bridgehead atoms. The summed E-state index contributed by atoms with van der Waals surface area (Å²) in [6.45, 7) is 0.502. The molecule has 27 heavy (non-hydrogen) atoms. The van der Waals surface area contributed by atoms with Crippen molar-refractivity contribution >= 4 is 29.3 Å². The van der Waals surface area contributed by atoms with Gasteiger partial charge in [0.05, 0.1) is 27.3 Å². The number of anilines is 1. The Balaban J connectivity index is 1.62. The second-order valence-corrected chi connectivity index (χ2v) is 6.34. The maximum Gasteiger partial charge on any atom is 0.414 e. The molecule has 1 saturated heterocycles. The van der Waals surface area contributed by atoms with Gasteiger partial charge in [0.1, 0.15) is 17.6 Å². The summed E-state index contributed by atoms with van der Waals surface area (Å²) < 4.78 is 15.7. The third kappa shape index (κ3) is 4.43. The summed E-state index contributed by atoms with van der Waals surface area (Å²) in [4.78, 5) is 26.0. The molecule has 0 radical (unpaired) electrons. The van der Waals surface area contributed by atoms with Crippen molar-refractivity contribution in [2.45, 2.75) is 6.10 Å². The molecule has 1 aliphatic heterocycles. The van der Waals surface area contributed by atoms with Crippen molar-refractivity contribution in [3.8, 4) is 11.5 Å². The minimum Gasteiger partial charge on any atom is -0.497 e. The highest BCUT2D eigenvalue weighted by molar-refractivity contribution is 6.30. The minimum absolute atomic E-state index is 0.182. The Bertz CT molecular complexity index is 835. The Morgan fingerprint density at radius 2 is 1.93 bits per heavy atom. The van der Waals surface area contributed by atoms with E-state index in [9.17, 15) is 9.59 Å². The van der Waals surface area contributed by atoms with E-state index in [1.54, 1.807) is 42.5 Å². The first-order valence-electron chi connectivity index (χ1n) is 8.25. The number of ether oxygens (including phenoxy) is 3. The number of hydrogen-bond acceptors (Lipinski definition) is 5. The zero-order chi connectivity index (χ0) is 19.4. The fourth-order valence-electron chi connectivity index (χ4n) is 2.73. The summed E-state index contributed by atoms with van der Waals surface area (Å²) in [6.07, 6.45) is -0.937. The molecule has 7 nitrogen and oxygen atoms in total. The van der Waals surface area contributed by atoms with E-state index in [1.165, 1.54) is 19.1 Å². The van der Waals surface area contributed by atoms with Crippen LogP contribution >= 0.6 is 11.6 Å². The molecule has 142 valence electrons. The number of rotatable bonds is 6. The molecule has 0 aromatic heterocycles. The lowest BCUT2D eigenvalue weighted by Gasteiger charge is -2.13. The van der Waals surface area contributed by atoms with E-state index < -0.39 is 12.2 Å². The van der Waals surface area contributed by atoms with Crippen LogP contribution in [0.5, 0.6) is 11.5 Å². The van der Waals surface area contributed by atoms with Gasteiger partial charge in [-0.15, -0.1) is 0 Å². The summed E-state index contributed by atoms with van der Waals surface area (Å²) in [5.74, 6) is 0.710. The summed E-state index contributed by atoms with van der Waals surface area (Å²) in [5, 5.41) is 3.30. The Morgan fingerprint density at radius 1 is 1.22 bits per heavy atom. The number of halogens is 1. The zero-order valence-corrected chi connectivity index (χ0v) is 15.7. The largest absolute Gasteiger partial charge is 0.497 e. The molecule has 2 aromatic carbocycles. The average molecular weight is 391 g/mol. The van der Waals surface area contributed by atoms with Gasteiger partial charge in [-0.25, -0.2) is 4.79 Å². The van der Waals surface area contributed by atoms with E-state index in [4.69, 9.17) is 25.8 Å². The molecule has 1 atom stereocenters. The number of amides is 2. The summed E-state index contributed by atoms with van der Waals surface area (Å²) >= 11 is 5.97. The Kier molecular flexibility index (Phi) is 5.71. The second-order valence-electron chi connectivity index (χ2n) is 5.91. The third-order valence-electron chi connectivity index (χ3n) is 4.10. The number of benzene rings is 2. The van der Waals surface area contributed by atoms with Gasteiger partial charge in [-0.05, 0) is 30.3 Å². The Morgan fingerprint density at radius 3 is 2.56 bits per heavy atom. The van der Waals surface area contributed by atoms with Gasteiger partial charge in [-0.3, -0.25) is 9.69 Å². The standard InChI is InChI=1S/C19H19ClN2O5/c1-25-15-6-12(7-16(9-15)26-2)18(23)21-10-17-11-22(19(24)27-17)14-5-3-4-13(20)8-14/h3-9,17H,10-11H2,1-2H3,(H,21,23). The van der Waals surface area contributed by atoms with E-state index in [-0.39, 0.29) is 12.5 Å². The highest BCUT2D eigenvalue weighted by Crippen LogP contribution is 2.25. The lowest BCUT2D eigenvalue weighted by Crippen LogP contribution is -2.34. The number of nitrogens with one attached hydrogen (secondary N) is 1. The molecule has 0 spiro atoms. The molecule has 0 aliphatic carbocycles. The zero-order valence-electron chi connectivity index (χ0n) is 14.9. The molecular formula is C19H19ClN2O5. The molecule has 2 aromatic rings. The van der Waals surface area contributed by atoms with Crippen molar-refractivity contribution in [3.63, 3.8) is 0 Å². The number of hydrogen-bond donors (Lipinski definition) is 1. The van der Waals surface area contributed by atoms with E-state index in [1.807, 2.05) is 0 Å². The van der Waals surface area contributed by atoms with E-state index in [2.05, 4.69) is 5.32 Å². The number of cyclic esters (lactones) is 1. The van der Waals surface area contributed by atoms with Gasteiger partial charge >= 0.3 is 6.09 Å². The first-order valence-corrected chi connectivity index (χ1v) is 8.63. The quantitative estimate of drug-likeness (QED) is 0.820. The molecule has 0 saturated carbocycles. The second kappa shape index (κ2) is 8.18. The number of nitrogens with zero attached hydrogens (tertiary/aromatic N) is 1. The van der Waals surface area contributed by atoms with Crippen LogP contribution in [0.15, 0.2) is 42.5 Å². The first kappa shape index (κ1) is 18.8. The van der Waals surface area contributed by atoms with Crippen LogP contribution in [-0.2, 0) is 4.74 Å². The molecule has 8 heteroatoms. The van der Waals surface area contributed by atoms with Crippen LogP contribution < -0.4 is 19.7 Å². The summed E-state index contributed by atoms with van der Waals surface area (Å²) in [5.41, 5.74) is 1.04. The normalized spacial score (nSPS) is 16.0. The van der Waals surface area contributed by atoms with Gasteiger partial charge in [-0.1, -0.05) is 17.7 Å². The smallest absolute Gasteiger partial charge is 0.414 e. The van der Waals surface area contributed by atoms with E-state index in [0.717, 1.165) is 0 Å². The molecule has 1 fully saturated rings. The van der Waals surface area contributed by atoms with Crippen molar-refractivity contribution in [2.24, 2.45) is 0 Å². The predicted molar refractivity (Wildman–Crippen MR) is 101 cm³/mol. The van der Waals surface area contributed by atoms with Crippen LogP contribution in [0.2, 0.25) is 5.02 Å². The minimum atomic E-state index is -0.473. The topological polar surface area (TPSA) is 77.1 Å². The van der Waals surface area contributed by atoms with Gasteiger partial charge in [0, 0.05) is 22.3 Å². The SMILES string of the molecule is COc1cc(OC)cc(C(=O)NCC2CN(c3cccc(Cl)c3)C(=O)O2)c1. The Hall–Kier alpha value is -2.93. The maximum absolute atomic E-state index is 12.4. The highest BCUT2D eigenvalue weighted by atomic mass is 35.5. The van der Waals surface area contributed by atoms with Crippen molar-refractivity contribution in [2.75, 3.05) is 32.2 Å². The van der Waals surface area contributed by atoms with Gasteiger partial charge in [0.15, 0.2) is 0 Å². The summed E-state index contributed by atoms with van der Waals surface area (Å²) in [6, 6.07) is 11.8. The van der Waals surface area contributed by atoms with Crippen LogP contribution in [0, 0.1) is 0 Å². The van der Waals surface area contributed by atoms with Crippen LogP contribution in [0.1, 0.15) is 10.4 Å². The predicted octanol–water partition coefficient (Wildman–Crippen LogP) is 3.11.